The van der Waals surface area contributed by atoms with Crippen molar-refractivity contribution in [3.8, 4) is 0 Å². The van der Waals surface area contributed by atoms with Crippen LogP contribution in [0.15, 0.2) is 24.3 Å². The molecule has 1 unspecified atom stereocenters. The van der Waals surface area contributed by atoms with Gasteiger partial charge in [0.25, 0.3) is 5.91 Å². The minimum Gasteiger partial charge on any atom is -0.350 e. The fourth-order valence-corrected chi connectivity index (χ4v) is 2.48. The van der Waals surface area contributed by atoms with E-state index in [9.17, 15) is 4.79 Å². The molecule has 0 spiro atoms. The summed E-state index contributed by atoms with van der Waals surface area (Å²) in [5, 5.41) is 3.61. The molecule has 1 fully saturated rings. The molecule has 1 aliphatic rings. The van der Waals surface area contributed by atoms with Crippen LogP contribution >= 0.6 is 12.2 Å². The van der Waals surface area contributed by atoms with Gasteiger partial charge in [0.05, 0.1) is 5.69 Å². The fraction of sp³-hybridized carbons (Fsp3) is 0.429. The zero-order valence-corrected chi connectivity index (χ0v) is 11.6. The quantitative estimate of drug-likeness (QED) is 0.847. The number of nitrogens with one attached hydrogen (secondary N) is 1. The first-order chi connectivity index (χ1) is 8.67. The maximum absolute atomic E-state index is 12.2. The molecular weight excluding hydrogens is 244 g/mol. The molecule has 0 bridgehead atoms. The molecule has 1 aromatic rings. The number of benzene rings is 1. The van der Waals surface area contributed by atoms with Crippen molar-refractivity contribution in [1.82, 2.24) is 5.32 Å². The third-order valence-electron chi connectivity index (χ3n) is 3.20. The molecule has 3 nitrogen and oxygen atoms in total. The summed E-state index contributed by atoms with van der Waals surface area (Å²) in [6.45, 7) is 4.18. The summed E-state index contributed by atoms with van der Waals surface area (Å²) in [6.07, 6.45) is 2.78. The molecule has 0 saturated carbocycles. The minimum atomic E-state index is -0.159. The lowest BCUT2D eigenvalue weighted by Gasteiger charge is -2.15. The molecule has 1 saturated heterocycles. The smallest absolute Gasteiger partial charge is 0.255 e. The number of carbonyl (C=O) groups excluding carboxylic acids is 1. The van der Waals surface area contributed by atoms with Crippen molar-refractivity contribution in [3.05, 3.63) is 29.8 Å². The van der Waals surface area contributed by atoms with Gasteiger partial charge < -0.3 is 5.32 Å². The zero-order valence-electron chi connectivity index (χ0n) is 10.8. The second-order valence-electron chi connectivity index (χ2n) is 4.48. The molecule has 4 heteroatoms. The minimum absolute atomic E-state index is 0.0612. The molecular formula is C14H18N2OS. The summed E-state index contributed by atoms with van der Waals surface area (Å²) in [4.78, 5) is 13.8. The van der Waals surface area contributed by atoms with Gasteiger partial charge in [-0.2, -0.15) is 0 Å². The van der Waals surface area contributed by atoms with Gasteiger partial charge in [0.2, 0.25) is 0 Å². The SMILES string of the molecule is CCCC1NC(=S)N(c2ccc(CC)cc2)C1=O. The normalized spacial score (nSPS) is 19.2. The van der Waals surface area contributed by atoms with Gasteiger partial charge in [-0.05, 0) is 42.8 Å². The van der Waals surface area contributed by atoms with Crippen molar-refractivity contribution in [2.45, 2.75) is 39.2 Å². The average molecular weight is 262 g/mol. The molecule has 1 amide bonds. The van der Waals surface area contributed by atoms with E-state index in [1.807, 2.05) is 24.3 Å². The Hall–Kier alpha value is -1.42. The first-order valence-electron chi connectivity index (χ1n) is 6.40. The summed E-state index contributed by atoms with van der Waals surface area (Å²) in [5.41, 5.74) is 2.11. The number of rotatable bonds is 4. The van der Waals surface area contributed by atoms with Crippen LogP contribution in [0.5, 0.6) is 0 Å². The molecule has 1 N–H and O–H groups in total. The lowest BCUT2D eigenvalue weighted by Crippen LogP contribution is -2.31. The number of anilines is 1. The maximum atomic E-state index is 12.2. The standard InChI is InChI=1S/C14H18N2OS/c1-3-5-12-13(17)16(14(18)15-12)11-8-6-10(4-2)7-9-11/h6-9,12H,3-5H2,1-2H3,(H,15,18). The summed E-state index contributed by atoms with van der Waals surface area (Å²) in [5.74, 6) is 0.0612. The van der Waals surface area contributed by atoms with E-state index in [0.29, 0.717) is 5.11 Å². The van der Waals surface area contributed by atoms with Crippen molar-refractivity contribution >= 4 is 28.9 Å². The molecule has 1 aliphatic heterocycles. The van der Waals surface area contributed by atoms with Gasteiger partial charge in [-0.15, -0.1) is 0 Å². The highest BCUT2D eigenvalue weighted by molar-refractivity contribution is 7.80. The van der Waals surface area contributed by atoms with Crippen LogP contribution in [0.25, 0.3) is 0 Å². The molecule has 96 valence electrons. The van der Waals surface area contributed by atoms with E-state index in [0.717, 1.165) is 24.9 Å². The number of thiocarbonyl (C=S) groups is 1. The van der Waals surface area contributed by atoms with Crippen molar-refractivity contribution in [2.24, 2.45) is 0 Å². The molecule has 1 aromatic carbocycles. The fourth-order valence-electron chi connectivity index (χ4n) is 2.14. The zero-order chi connectivity index (χ0) is 13.1. The van der Waals surface area contributed by atoms with Gasteiger partial charge in [-0.25, -0.2) is 0 Å². The number of hydrogen-bond donors (Lipinski definition) is 1. The first kappa shape index (κ1) is 13.0. The number of nitrogens with zero attached hydrogens (tertiary/aromatic N) is 1. The van der Waals surface area contributed by atoms with E-state index in [2.05, 4.69) is 19.2 Å². The van der Waals surface area contributed by atoms with Crippen LogP contribution in [-0.2, 0) is 11.2 Å². The maximum Gasteiger partial charge on any atom is 0.255 e. The number of aryl methyl sites for hydroxylation is 1. The summed E-state index contributed by atoms with van der Waals surface area (Å²) >= 11 is 5.25. The molecule has 18 heavy (non-hydrogen) atoms. The molecule has 2 rings (SSSR count). The van der Waals surface area contributed by atoms with Crippen LogP contribution in [0.3, 0.4) is 0 Å². The van der Waals surface area contributed by atoms with E-state index in [1.165, 1.54) is 5.56 Å². The number of carbonyl (C=O) groups is 1. The van der Waals surface area contributed by atoms with Gasteiger partial charge in [0.1, 0.15) is 6.04 Å². The van der Waals surface area contributed by atoms with Crippen LogP contribution in [0.2, 0.25) is 0 Å². The Morgan fingerprint density at radius 3 is 2.50 bits per heavy atom. The largest absolute Gasteiger partial charge is 0.350 e. The van der Waals surface area contributed by atoms with Gasteiger partial charge in [0.15, 0.2) is 5.11 Å². The van der Waals surface area contributed by atoms with Crippen molar-refractivity contribution in [1.29, 1.82) is 0 Å². The third-order valence-corrected chi connectivity index (χ3v) is 3.50. The third kappa shape index (κ3) is 2.38. The molecule has 1 heterocycles. The topological polar surface area (TPSA) is 32.3 Å². The summed E-state index contributed by atoms with van der Waals surface area (Å²) < 4.78 is 0. The highest BCUT2D eigenvalue weighted by Crippen LogP contribution is 2.21. The van der Waals surface area contributed by atoms with Crippen molar-refractivity contribution in [2.75, 3.05) is 4.90 Å². The van der Waals surface area contributed by atoms with E-state index in [-0.39, 0.29) is 11.9 Å². The highest BCUT2D eigenvalue weighted by Gasteiger charge is 2.35. The highest BCUT2D eigenvalue weighted by atomic mass is 32.1. The monoisotopic (exact) mass is 262 g/mol. The number of amides is 1. The number of hydrogen-bond acceptors (Lipinski definition) is 2. The first-order valence-corrected chi connectivity index (χ1v) is 6.81. The molecule has 0 aromatic heterocycles. The van der Waals surface area contributed by atoms with E-state index in [1.54, 1.807) is 4.90 Å². The van der Waals surface area contributed by atoms with Crippen LogP contribution in [0.4, 0.5) is 5.69 Å². The lowest BCUT2D eigenvalue weighted by atomic mass is 10.1. The van der Waals surface area contributed by atoms with Gasteiger partial charge >= 0.3 is 0 Å². The Morgan fingerprint density at radius 1 is 1.28 bits per heavy atom. The Morgan fingerprint density at radius 2 is 1.94 bits per heavy atom. The molecule has 0 radical (unpaired) electrons. The molecule has 0 aliphatic carbocycles. The second-order valence-corrected chi connectivity index (χ2v) is 4.87. The van der Waals surface area contributed by atoms with Gasteiger partial charge in [-0.3, -0.25) is 9.69 Å². The summed E-state index contributed by atoms with van der Waals surface area (Å²) in [6, 6.07) is 7.84. The summed E-state index contributed by atoms with van der Waals surface area (Å²) in [7, 11) is 0. The van der Waals surface area contributed by atoms with E-state index < -0.39 is 0 Å². The lowest BCUT2D eigenvalue weighted by molar-refractivity contribution is -0.118. The van der Waals surface area contributed by atoms with Crippen LogP contribution < -0.4 is 10.2 Å². The van der Waals surface area contributed by atoms with Gasteiger partial charge in [0, 0.05) is 0 Å². The predicted octanol–water partition coefficient (Wildman–Crippen LogP) is 2.64. The average Bonchev–Trinajstić information content (AvgIpc) is 2.65. The Kier molecular flexibility index (Phi) is 3.97. The Balaban J connectivity index is 2.21. The van der Waals surface area contributed by atoms with Gasteiger partial charge in [-0.1, -0.05) is 32.4 Å². The van der Waals surface area contributed by atoms with Crippen LogP contribution in [0.1, 0.15) is 32.3 Å². The molecule has 1 atom stereocenters. The van der Waals surface area contributed by atoms with Crippen LogP contribution in [0, 0.1) is 0 Å². The van der Waals surface area contributed by atoms with E-state index in [4.69, 9.17) is 12.2 Å². The van der Waals surface area contributed by atoms with Crippen molar-refractivity contribution < 1.29 is 4.79 Å². The van der Waals surface area contributed by atoms with E-state index >= 15 is 0 Å². The Bertz CT molecular complexity index is 455. The van der Waals surface area contributed by atoms with Crippen LogP contribution in [-0.4, -0.2) is 17.1 Å². The predicted molar refractivity (Wildman–Crippen MR) is 77.7 cm³/mol. The second kappa shape index (κ2) is 5.48. The Labute approximate surface area is 113 Å². The van der Waals surface area contributed by atoms with Crippen molar-refractivity contribution in [3.63, 3.8) is 0 Å².